The lowest BCUT2D eigenvalue weighted by atomic mass is 9.88. The quantitative estimate of drug-likeness (QED) is 0.795. The monoisotopic (exact) mass is 233 g/mol. The Kier molecular flexibility index (Phi) is 3.82. The average molecular weight is 233 g/mol. The number of hydrogen-bond donors (Lipinski definition) is 1. The van der Waals surface area contributed by atoms with Gasteiger partial charge in [-0.25, -0.2) is 13.1 Å². The number of nitrogens with one attached hydrogen (secondary N) is 1. The van der Waals surface area contributed by atoms with E-state index in [2.05, 4.69) is 11.6 Å². The molecular formula is C11H23NO2S. The Morgan fingerprint density at radius 1 is 1.07 bits per heavy atom. The molecule has 0 aromatic heterocycles. The van der Waals surface area contributed by atoms with Crippen LogP contribution in [0.3, 0.4) is 0 Å². The van der Waals surface area contributed by atoms with E-state index in [0.717, 1.165) is 31.6 Å². The molecule has 0 amide bonds. The normalized spacial score (nSPS) is 29.1. The van der Waals surface area contributed by atoms with Gasteiger partial charge in [0.05, 0.1) is 4.75 Å². The molecule has 0 aromatic rings. The highest BCUT2D eigenvalue weighted by molar-refractivity contribution is 7.90. The molecule has 0 atom stereocenters. The first-order valence-corrected chi connectivity index (χ1v) is 7.22. The molecule has 0 unspecified atom stereocenters. The van der Waals surface area contributed by atoms with Crippen LogP contribution in [0, 0.1) is 5.92 Å². The van der Waals surface area contributed by atoms with E-state index in [4.69, 9.17) is 0 Å². The Morgan fingerprint density at radius 3 is 1.93 bits per heavy atom. The van der Waals surface area contributed by atoms with Crippen molar-refractivity contribution < 1.29 is 8.42 Å². The van der Waals surface area contributed by atoms with Crippen LogP contribution in [0.15, 0.2) is 0 Å². The van der Waals surface area contributed by atoms with Crippen LogP contribution in [0.4, 0.5) is 0 Å². The van der Waals surface area contributed by atoms with E-state index in [1.807, 2.05) is 0 Å². The maximum Gasteiger partial charge on any atom is 0.216 e. The van der Waals surface area contributed by atoms with Gasteiger partial charge in [0.1, 0.15) is 0 Å². The number of hydrogen-bond acceptors (Lipinski definition) is 2. The van der Waals surface area contributed by atoms with E-state index in [-0.39, 0.29) is 6.04 Å². The topological polar surface area (TPSA) is 46.2 Å². The first-order chi connectivity index (χ1) is 6.72. The third kappa shape index (κ3) is 3.45. The minimum atomic E-state index is -3.16. The first-order valence-electron chi connectivity index (χ1n) is 5.74. The van der Waals surface area contributed by atoms with E-state index < -0.39 is 14.8 Å². The SMILES string of the molecule is CC1CCC(NS(=O)(=O)C(C)(C)C)CC1. The van der Waals surface area contributed by atoms with E-state index in [0.29, 0.717) is 0 Å². The lowest BCUT2D eigenvalue weighted by Crippen LogP contribution is -2.45. The lowest BCUT2D eigenvalue weighted by Gasteiger charge is -2.29. The van der Waals surface area contributed by atoms with Crippen molar-refractivity contribution in [1.29, 1.82) is 0 Å². The maximum absolute atomic E-state index is 11.9. The summed E-state index contributed by atoms with van der Waals surface area (Å²) >= 11 is 0. The summed E-state index contributed by atoms with van der Waals surface area (Å²) in [5.41, 5.74) is 0. The molecule has 1 rings (SSSR count). The smallest absolute Gasteiger partial charge is 0.212 e. The van der Waals surface area contributed by atoms with Crippen LogP contribution in [0.5, 0.6) is 0 Å². The summed E-state index contributed by atoms with van der Waals surface area (Å²) in [7, 11) is -3.16. The van der Waals surface area contributed by atoms with E-state index >= 15 is 0 Å². The van der Waals surface area contributed by atoms with Gasteiger partial charge >= 0.3 is 0 Å². The predicted octanol–water partition coefficient (Wildman–Crippen LogP) is 2.28. The van der Waals surface area contributed by atoms with Crippen LogP contribution in [-0.4, -0.2) is 19.2 Å². The molecule has 1 N–H and O–H groups in total. The van der Waals surface area contributed by atoms with Gasteiger partial charge in [0.25, 0.3) is 0 Å². The zero-order chi connectivity index (χ0) is 11.7. The van der Waals surface area contributed by atoms with Gasteiger partial charge in [0.15, 0.2) is 0 Å². The highest BCUT2D eigenvalue weighted by Gasteiger charge is 2.32. The summed E-state index contributed by atoms with van der Waals surface area (Å²) < 4.78 is 25.9. The van der Waals surface area contributed by atoms with Crippen LogP contribution < -0.4 is 4.72 Å². The van der Waals surface area contributed by atoms with E-state index in [1.54, 1.807) is 20.8 Å². The van der Waals surface area contributed by atoms with E-state index in [9.17, 15) is 8.42 Å². The van der Waals surface area contributed by atoms with Gasteiger partial charge in [-0.15, -0.1) is 0 Å². The Balaban J connectivity index is 2.56. The molecule has 15 heavy (non-hydrogen) atoms. The molecule has 0 aliphatic heterocycles. The van der Waals surface area contributed by atoms with Gasteiger partial charge in [0, 0.05) is 6.04 Å². The number of rotatable bonds is 2. The highest BCUT2D eigenvalue weighted by Crippen LogP contribution is 2.25. The third-order valence-electron chi connectivity index (χ3n) is 3.14. The van der Waals surface area contributed by atoms with Crippen molar-refractivity contribution >= 4 is 10.0 Å². The van der Waals surface area contributed by atoms with Crippen molar-refractivity contribution in [2.45, 2.75) is 64.2 Å². The summed E-state index contributed by atoms with van der Waals surface area (Å²) in [4.78, 5) is 0. The van der Waals surface area contributed by atoms with Gasteiger partial charge in [-0.05, 0) is 52.4 Å². The van der Waals surface area contributed by atoms with Crippen LogP contribution in [0.2, 0.25) is 0 Å². The van der Waals surface area contributed by atoms with Gasteiger partial charge < -0.3 is 0 Å². The summed E-state index contributed by atoms with van der Waals surface area (Å²) in [5, 5.41) is 0. The zero-order valence-corrected chi connectivity index (χ0v) is 11.0. The third-order valence-corrected chi connectivity index (χ3v) is 5.40. The average Bonchev–Trinajstić information content (AvgIpc) is 2.06. The molecular weight excluding hydrogens is 210 g/mol. The Morgan fingerprint density at radius 2 is 1.53 bits per heavy atom. The Bertz CT molecular complexity index is 295. The maximum atomic E-state index is 11.9. The van der Waals surface area contributed by atoms with Crippen LogP contribution in [-0.2, 0) is 10.0 Å². The molecule has 1 fully saturated rings. The second-order valence-corrected chi connectivity index (χ2v) is 8.16. The van der Waals surface area contributed by atoms with Crippen molar-refractivity contribution in [3.8, 4) is 0 Å². The van der Waals surface area contributed by atoms with Crippen molar-refractivity contribution in [2.75, 3.05) is 0 Å². The van der Waals surface area contributed by atoms with Crippen LogP contribution in [0.25, 0.3) is 0 Å². The van der Waals surface area contributed by atoms with Crippen LogP contribution in [0.1, 0.15) is 53.4 Å². The number of sulfonamides is 1. The molecule has 0 aromatic carbocycles. The van der Waals surface area contributed by atoms with Crippen molar-refractivity contribution in [2.24, 2.45) is 5.92 Å². The molecule has 90 valence electrons. The molecule has 1 saturated carbocycles. The standard InChI is InChI=1S/C11H23NO2S/c1-9-5-7-10(8-6-9)12-15(13,14)11(2,3)4/h9-10,12H,5-8H2,1-4H3. The summed E-state index contributed by atoms with van der Waals surface area (Å²) in [5.74, 6) is 0.750. The lowest BCUT2D eigenvalue weighted by molar-refractivity contribution is 0.330. The van der Waals surface area contributed by atoms with Crippen molar-refractivity contribution in [1.82, 2.24) is 4.72 Å². The van der Waals surface area contributed by atoms with Crippen molar-refractivity contribution in [3.05, 3.63) is 0 Å². The minimum Gasteiger partial charge on any atom is -0.212 e. The van der Waals surface area contributed by atoms with Gasteiger partial charge in [0.2, 0.25) is 10.0 Å². The largest absolute Gasteiger partial charge is 0.216 e. The van der Waals surface area contributed by atoms with E-state index in [1.165, 1.54) is 0 Å². The molecule has 0 saturated heterocycles. The minimum absolute atomic E-state index is 0.158. The van der Waals surface area contributed by atoms with Gasteiger partial charge in [-0.2, -0.15) is 0 Å². The second-order valence-electron chi connectivity index (χ2n) is 5.69. The summed E-state index contributed by atoms with van der Waals surface area (Å²) in [6.07, 6.45) is 4.24. The van der Waals surface area contributed by atoms with Gasteiger partial charge in [-0.3, -0.25) is 0 Å². The zero-order valence-electron chi connectivity index (χ0n) is 10.2. The molecule has 0 radical (unpaired) electrons. The molecule has 1 aliphatic carbocycles. The molecule has 4 heteroatoms. The molecule has 1 aliphatic rings. The molecule has 0 heterocycles. The fraction of sp³-hybridized carbons (Fsp3) is 1.00. The highest BCUT2D eigenvalue weighted by atomic mass is 32.2. The fourth-order valence-electron chi connectivity index (χ4n) is 1.77. The van der Waals surface area contributed by atoms with Gasteiger partial charge in [-0.1, -0.05) is 6.92 Å². The molecule has 0 bridgehead atoms. The molecule has 0 spiro atoms. The Labute approximate surface area is 93.7 Å². The van der Waals surface area contributed by atoms with Crippen LogP contribution >= 0.6 is 0 Å². The Hall–Kier alpha value is -0.0900. The molecule has 3 nitrogen and oxygen atoms in total. The second kappa shape index (κ2) is 4.42. The summed E-state index contributed by atoms with van der Waals surface area (Å²) in [6.45, 7) is 7.44. The summed E-state index contributed by atoms with van der Waals surface area (Å²) in [6, 6.07) is 0.158. The first kappa shape index (κ1) is 13.0. The fourth-order valence-corrected chi connectivity index (χ4v) is 2.80. The van der Waals surface area contributed by atoms with Crippen molar-refractivity contribution in [3.63, 3.8) is 0 Å². The predicted molar refractivity (Wildman–Crippen MR) is 63.2 cm³/mol.